The fraction of sp³-hybridized carbons (Fsp3) is 0.538. The van der Waals surface area contributed by atoms with E-state index in [1.54, 1.807) is 0 Å². The van der Waals surface area contributed by atoms with Crippen LogP contribution in [0.5, 0.6) is 0 Å². The Morgan fingerprint density at radius 1 is 1.15 bits per heavy atom. The number of benzene rings is 1. The van der Waals surface area contributed by atoms with Crippen LogP contribution in [-0.4, -0.2) is 25.8 Å². The molecule has 0 amide bonds. The Balaban J connectivity index is 1.97. The molecule has 0 bridgehead atoms. The number of halogens is 3. The Morgan fingerprint density at radius 3 is 2.30 bits per heavy atom. The highest BCUT2D eigenvalue weighted by atomic mass is 79.9. The Hall–Kier alpha value is -0.530. The van der Waals surface area contributed by atoms with E-state index in [2.05, 4.69) is 15.9 Å². The minimum atomic E-state index is -3.91. The van der Waals surface area contributed by atoms with E-state index in [4.69, 9.17) is 0 Å². The van der Waals surface area contributed by atoms with Crippen molar-refractivity contribution in [3.8, 4) is 0 Å². The molecule has 2 fully saturated rings. The van der Waals surface area contributed by atoms with E-state index in [1.807, 2.05) is 0 Å². The SMILES string of the molecule is O=S(=O)(c1c(F)cc(F)cc1Br)N1CC2CCCC2C1. The Labute approximate surface area is 125 Å². The zero-order valence-corrected chi connectivity index (χ0v) is 13.1. The van der Waals surface area contributed by atoms with Gasteiger partial charge in [0, 0.05) is 23.6 Å². The summed E-state index contributed by atoms with van der Waals surface area (Å²) in [5.74, 6) is -1.08. The molecule has 2 unspecified atom stereocenters. The normalized spacial score (nSPS) is 26.9. The second kappa shape index (κ2) is 5.03. The largest absolute Gasteiger partial charge is 0.247 e. The number of rotatable bonds is 2. The molecule has 2 aliphatic rings. The second-order valence-electron chi connectivity index (χ2n) is 5.47. The van der Waals surface area contributed by atoms with Crippen LogP contribution < -0.4 is 0 Å². The predicted octanol–water partition coefficient (Wildman–Crippen LogP) is 3.15. The molecular formula is C13H14BrF2NO2S. The molecule has 1 aromatic carbocycles. The molecule has 2 atom stereocenters. The van der Waals surface area contributed by atoms with E-state index in [-0.39, 0.29) is 4.47 Å². The summed E-state index contributed by atoms with van der Waals surface area (Å²) in [6.45, 7) is 0.881. The number of nitrogens with zero attached hydrogens (tertiary/aromatic N) is 1. The summed E-state index contributed by atoms with van der Waals surface area (Å²) < 4.78 is 53.3. The molecular weight excluding hydrogens is 352 g/mol. The lowest BCUT2D eigenvalue weighted by atomic mass is 10.0. The first-order valence-corrected chi connectivity index (χ1v) is 8.77. The quantitative estimate of drug-likeness (QED) is 0.807. The molecule has 0 N–H and O–H groups in total. The first-order chi connectivity index (χ1) is 9.39. The minimum absolute atomic E-state index is 0.0629. The van der Waals surface area contributed by atoms with E-state index >= 15 is 0 Å². The van der Waals surface area contributed by atoms with Crippen LogP contribution in [0.25, 0.3) is 0 Å². The Kier molecular flexibility index (Phi) is 3.63. The van der Waals surface area contributed by atoms with Crippen molar-refractivity contribution >= 4 is 26.0 Å². The van der Waals surface area contributed by atoms with Crippen LogP contribution in [0.4, 0.5) is 8.78 Å². The summed E-state index contributed by atoms with van der Waals surface area (Å²) in [5.41, 5.74) is 0. The minimum Gasteiger partial charge on any atom is -0.207 e. The molecule has 110 valence electrons. The van der Waals surface area contributed by atoms with E-state index in [9.17, 15) is 17.2 Å². The van der Waals surface area contributed by atoms with Crippen LogP contribution in [0.15, 0.2) is 21.5 Å². The summed E-state index contributed by atoms with van der Waals surface area (Å²) in [6.07, 6.45) is 3.20. The van der Waals surface area contributed by atoms with Crippen molar-refractivity contribution in [1.29, 1.82) is 0 Å². The first kappa shape index (κ1) is 14.4. The average molecular weight is 366 g/mol. The molecule has 3 rings (SSSR count). The van der Waals surface area contributed by atoms with Crippen molar-refractivity contribution < 1.29 is 17.2 Å². The highest BCUT2D eigenvalue weighted by Gasteiger charge is 2.42. The third-order valence-corrected chi connectivity index (χ3v) is 7.05. The van der Waals surface area contributed by atoms with Gasteiger partial charge in [0.25, 0.3) is 0 Å². The summed E-state index contributed by atoms with van der Waals surface area (Å²) >= 11 is 2.96. The third-order valence-electron chi connectivity index (χ3n) is 4.25. The highest BCUT2D eigenvalue weighted by Crippen LogP contribution is 2.41. The summed E-state index contributed by atoms with van der Waals surface area (Å²) in [5, 5.41) is 0. The van der Waals surface area contributed by atoms with Crippen molar-refractivity contribution in [2.45, 2.75) is 24.2 Å². The number of sulfonamides is 1. The lowest BCUT2D eigenvalue weighted by Gasteiger charge is -2.18. The van der Waals surface area contributed by atoms with Crippen LogP contribution in [0.2, 0.25) is 0 Å². The van der Waals surface area contributed by atoms with Crippen LogP contribution in [0.1, 0.15) is 19.3 Å². The van der Waals surface area contributed by atoms with Crippen LogP contribution in [-0.2, 0) is 10.0 Å². The number of fused-ring (bicyclic) bond motifs is 1. The lowest BCUT2D eigenvalue weighted by molar-refractivity contribution is 0.439. The average Bonchev–Trinajstić information content (AvgIpc) is 2.85. The van der Waals surface area contributed by atoms with Gasteiger partial charge in [-0.15, -0.1) is 0 Å². The maximum Gasteiger partial charge on any atom is 0.247 e. The maximum absolute atomic E-state index is 13.9. The Morgan fingerprint density at radius 2 is 1.75 bits per heavy atom. The fourth-order valence-electron chi connectivity index (χ4n) is 3.29. The topological polar surface area (TPSA) is 37.4 Å². The number of hydrogen-bond acceptors (Lipinski definition) is 2. The van der Waals surface area contributed by atoms with Crippen molar-refractivity contribution in [3.05, 3.63) is 28.2 Å². The van der Waals surface area contributed by atoms with Crippen LogP contribution in [0.3, 0.4) is 0 Å². The van der Waals surface area contributed by atoms with Gasteiger partial charge in [-0.3, -0.25) is 0 Å². The smallest absolute Gasteiger partial charge is 0.207 e. The summed E-state index contributed by atoms with van der Waals surface area (Å²) in [7, 11) is -3.91. The molecule has 0 radical (unpaired) electrons. The van der Waals surface area contributed by atoms with Crippen LogP contribution >= 0.6 is 15.9 Å². The highest BCUT2D eigenvalue weighted by molar-refractivity contribution is 9.10. The van der Waals surface area contributed by atoms with Gasteiger partial charge in [-0.25, -0.2) is 17.2 Å². The van der Waals surface area contributed by atoms with E-state index in [0.717, 1.165) is 25.3 Å². The van der Waals surface area contributed by atoms with Crippen molar-refractivity contribution in [2.24, 2.45) is 11.8 Å². The van der Waals surface area contributed by atoms with Gasteiger partial charge in [-0.05, 0) is 46.7 Å². The molecule has 0 aromatic heterocycles. The van der Waals surface area contributed by atoms with Gasteiger partial charge in [0.15, 0.2) is 0 Å². The van der Waals surface area contributed by atoms with Crippen LogP contribution in [0, 0.1) is 23.5 Å². The second-order valence-corrected chi connectivity index (χ2v) is 8.20. The van der Waals surface area contributed by atoms with Crippen molar-refractivity contribution in [3.63, 3.8) is 0 Å². The molecule has 7 heteroatoms. The molecule has 1 aliphatic carbocycles. The monoisotopic (exact) mass is 365 g/mol. The van der Waals surface area contributed by atoms with Crippen molar-refractivity contribution in [2.75, 3.05) is 13.1 Å². The standard InChI is InChI=1S/C13H14BrF2NO2S/c14-11-4-10(15)5-12(16)13(11)20(18,19)17-6-8-2-1-3-9(8)7-17/h4-5,8-9H,1-3,6-7H2. The van der Waals surface area contributed by atoms with Gasteiger partial charge in [-0.2, -0.15) is 4.31 Å². The maximum atomic E-state index is 13.9. The Bertz CT molecular complexity index is 615. The summed E-state index contributed by atoms with van der Waals surface area (Å²) in [4.78, 5) is -0.459. The van der Waals surface area contributed by atoms with Gasteiger partial charge in [-0.1, -0.05) is 6.42 Å². The molecule has 0 spiro atoms. The van der Waals surface area contributed by atoms with E-state index < -0.39 is 26.6 Å². The molecule has 1 heterocycles. The zero-order valence-electron chi connectivity index (χ0n) is 10.7. The molecule has 1 saturated carbocycles. The van der Waals surface area contributed by atoms with E-state index in [1.165, 1.54) is 4.31 Å². The number of hydrogen-bond donors (Lipinski definition) is 0. The molecule has 1 aromatic rings. The third kappa shape index (κ3) is 2.29. The van der Waals surface area contributed by atoms with Gasteiger partial charge in [0.2, 0.25) is 10.0 Å². The molecule has 20 heavy (non-hydrogen) atoms. The van der Waals surface area contributed by atoms with Crippen molar-refractivity contribution in [1.82, 2.24) is 4.31 Å². The first-order valence-electron chi connectivity index (χ1n) is 6.54. The molecule has 1 saturated heterocycles. The molecule has 3 nitrogen and oxygen atoms in total. The van der Waals surface area contributed by atoms with Gasteiger partial charge in [0.05, 0.1) is 0 Å². The summed E-state index contributed by atoms with van der Waals surface area (Å²) in [6, 6.07) is 1.58. The fourth-order valence-corrected chi connectivity index (χ4v) is 5.96. The zero-order chi connectivity index (χ0) is 14.5. The van der Waals surface area contributed by atoms with Gasteiger partial charge >= 0.3 is 0 Å². The molecule has 1 aliphatic heterocycles. The lowest BCUT2D eigenvalue weighted by Crippen LogP contribution is -2.30. The van der Waals surface area contributed by atoms with Gasteiger partial charge in [0.1, 0.15) is 16.5 Å². The van der Waals surface area contributed by atoms with E-state index in [0.29, 0.717) is 31.0 Å². The predicted molar refractivity (Wildman–Crippen MR) is 73.6 cm³/mol. The van der Waals surface area contributed by atoms with Gasteiger partial charge < -0.3 is 0 Å².